The highest BCUT2D eigenvalue weighted by molar-refractivity contribution is 6.10. The second-order valence-corrected chi connectivity index (χ2v) is 7.02. The second kappa shape index (κ2) is 4.96. The maximum atomic E-state index is 12.8. The number of hydrogen-bond acceptors (Lipinski definition) is 4. The van der Waals surface area contributed by atoms with E-state index in [4.69, 9.17) is 4.74 Å². The Bertz CT molecular complexity index is 820. The van der Waals surface area contributed by atoms with Crippen LogP contribution in [0.1, 0.15) is 48.2 Å². The molecular formula is C19H22O4. The highest BCUT2D eigenvalue weighted by atomic mass is 16.5. The van der Waals surface area contributed by atoms with Crippen LogP contribution >= 0.6 is 0 Å². The average Bonchev–Trinajstić information content (AvgIpc) is 2.50. The minimum Gasteiger partial charge on any atom is -0.507 e. The van der Waals surface area contributed by atoms with Gasteiger partial charge in [-0.1, -0.05) is 20.8 Å². The number of aliphatic hydroxyl groups excluding tert-OH is 1. The molecule has 0 saturated heterocycles. The van der Waals surface area contributed by atoms with Gasteiger partial charge in [-0.2, -0.15) is 0 Å². The van der Waals surface area contributed by atoms with Crippen LogP contribution in [-0.4, -0.2) is 29.2 Å². The number of rotatable bonds is 1. The number of benzene rings is 2. The van der Waals surface area contributed by atoms with Crippen molar-refractivity contribution >= 4 is 16.6 Å². The molecule has 1 aliphatic carbocycles. The smallest absolute Gasteiger partial charge is 0.175 e. The molecule has 4 nitrogen and oxygen atoms in total. The van der Waals surface area contributed by atoms with Gasteiger partial charge in [0.2, 0.25) is 0 Å². The van der Waals surface area contributed by atoms with Gasteiger partial charge < -0.3 is 14.9 Å². The molecule has 122 valence electrons. The first-order valence-electron chi connectivity index (χ1n) is 7.77. The molecule has 2 N–H and O–H groups in total. The maximum absolute atomic E-state index is 12.8. The Morgan fingerprint density at radius 2 is 1.87 bits per heavy atom. The van der Waals surface area contributed by atoms with Crippen molar-refractivity contribution in [1.29, 1.82) is 0 Å². The lowest BCUT2D eigenvalue weighted by atomic mass is 9.66. The molecule has 0 heterocycles. The van der Waals surface area contributed by atoms with Crippen molar-refractivity contribution in [2.24, 2.45) is 5.41 Å². The Morgan fingerprint density at radius 3 is 2.48 bits per heavy atom. The molecule has 0 amide bonds. The molecule has 2 aromatic rings. The van der Waals surface area contributed by atoms with Crippen LogP contribution in [0.2, 0.25) is 0 Å². The molecule has 0 fully saturated rings. The van der Waals surface area contributed by atoms with Gasteiger partial charge in [0.1, 0.15) is 11.5 Å². The van der Waals surface area contributed by atoms with E-state index < -0.39 is 11.5 Å². The van der Waals surface area contributed by atoms with Crippen molar-refractivity contribution in [1.82, 2.24) is 0 Å². The summed E-state index contributed by atoms with van der Waals surface area (Å²) in [6, 6.07) is 5.57. The Hall–Kier alpha value is -2.07. The molecule has 3 rings (SSSR count). The van der Waals surface area contributed by atoms with Crippen LogP contribution in [-0.2, 0) is 0 Å². The minimum absolute atomic E-state index is 0.00878. The van der Waals surface area contributed by atoms with Gasteiger partial charge in [-0.15, -0.1) is 0 Å². The summed E-state index contributed by atoms with van der Waals surface area (Å²) in [5.41, 5.74) is 0.967. The Labute approximate surface area is 135 Å². The van der Waals surface area contributed by atoms with E-state index in [0.29, 0.717) is 22.3 Å². The SMILES string of the molecule is COc1cc(C)c2c(O)c3c(cc2c1)C(C)C(O)C(C)(C)C3=O. The van der Waals surface area contributed by atoms with Crippen LogP contribution < -0.4 is 4.74 Å². The summed E-state index contributed by atoms with van der Waals surface area (Å²) in [4.78, 5) is 12.8. The molecule has 0 saturated carbocycles. The van der Waals surface area contributed by atoms with E-state index in [2.05, 4.69) is 0 Å². The zero-order chi connectivity index (χ0) is 17.1. The zero-order valence-electron chi connectivity index (χ0n) is 14.1. The molecule has 0 bridgehead atoms. The summed E-state index contributed by atoms with van der Waals surface area (Å²) in [7, 11) is 1.59. The Balaban J connectivity index is 2.41. The lowest BCUT2D eigenvalue weighted by Gasteiger charge is -2.39. The normalized spacial score (nSPS) is 23.0. The standard InChI is InChI=1S/C19H22O4/c1-9-6-12(23-5)7-11-8-13-10(2)17(21)19(3,4)18(22)15(13)16(20)14(9)11/h6-8,10,17,20-21H,1-5H3. The molecule has 23 heavy (non-hydrogen) atoms. The quantitative estimate of drug-likeness (QED) is 0.845. The van der Waals surface area contributed by atoms with Crippen molar-refractivity contribution < 1.29 is 19.7 Å². The number of fused-ring (bicyclic) bond motifs is 2. The monoisotopic (exact) mass is 314 g/mol. The van der Waals surface area contributed by atoms with Crippen LogP contribution in [0.25, 0.3) is 10.8 Å². The van der Waals surface area contributed by atoms with Gasteiger partial charge in [-0.3, -0.25) is 4.79 Å². The predicted octanol–water partition coefficient (Wildman–Crippen LogP) is 3.55. The summed E-state index contributed by atoms with van der Waals surface area (Å²) in [6.07, 6.45) is -0.786. The first kappa shape index (κ1) is 15.8. The number of Topliss-reactive ketones (excluding diaryl/α,β-unsaturated/α-hetero) is 1. The third kappa shape index (κ3) is 2.05. The fraction of sp³-hybridized carbons (Fsp3) is 0.421. The van der Waals surface area contributed by atoms with Gasteiger partial charge in [0.05, 0.1) is 24.2 Å². The molecule has 2 aromatic carbocycles. The van der Waals surface area contributed by atoms with Crippen LogP contribution in [0, 0.1) is 12.3 Å². The van der Waals surface area contributed by atoms with Gasteiger partial charge in [0, 0.05) is 11.3 Å². The van der Waals surface area contributed by atoms with Crippen molar-refractivity contribution in [2.45, 2.75) is 39.7 Å². The zero-order valence-corrected chi connectivity index (χ0v) is 14.1. The van der Waals surface area contributed by atoms with E-state index >= 15 is 0 Å². The van der Waals surface area contributed by atoms with Crippen molar-refractivity contribution in [3.8, 4) is 11.5 Å². The second-order valence-electron chi connectivity index (χ2n) is 7.02. The number of carbonyl (C=O) groups is 1. The highest BCUT2D eigenvalue weighted by Gasteiger charge is 2.47. The molecule has 0 aliphatic heterocycles. The average molecular weight is 314 g/mol. The van der Waals surface area contributed by atoms with Crippen LogP contribution in [0.5, 0.6) is 11.5 Å². The van der Waals surface area contributed by atoms with E-state index in [-0.39, 0.29) is 17.5 Å². The largest absolute Gasteiger partial charge is 0.507 e. The van der Waals surface area contributed by atoms with Gasteiger partial charge in [0.25, 0.3) is 0 Å². The summed E-state index contributed by atoms with van der Waals surface area (Å²) < 4.78 is 5.29. The van der Waals surface area contributed by atoms with Crippen LogP contribution in [0.15, 0.2) is 18.2 Å². The number of ether oxygens (including phenoxy) is 1. The fourth-order valence-electron chi connectivity index (χ4n) is 3.69. The van der Waals surface area contributed by atoms with Crippen LogP contribution in [0.3, 0.4) is 0 Å². The molecule has 2 atom stereocenters. The number of aliphatic hydroxyl groups is 1. The fourth-order valence-corrected chi connectivity index (χ4v) is 3.69. The number of aryl methyl sites for hydroxylation is 1. The summed E-state index contributed by atoms with van der Waals surface area (Å²) >= 11 is 0. The summed E-state index contributed by atoms with van der Waals surface area (Å²) in [5, 5.41) is 22.8. The number of methoxy groups -OCH3 is 1. The van der Waals surface area contributed by atoms with Crippen molar-refractivity contribution in [3.63, 3.8) is 0 Å². The molecule has 1 aliphatic rings. The number of carbonyl (C=O) groups excluding carboxylic acids is 1. The van der Waals surface area contributed by atoms with Crippen LogP contribution in [0.4, 0.5) is 0 Å². The first-order valence-corrected chi connectivity index (χ1v) is 7.77. The number of ketones is 1. The summed E-state index contributed by atoms with van der Waals surface area (Å²) in [5.74, 6) is 0.256. The lowest BCUT2D eigenvalue weighted by molar-refractivity contribution is 0.0227. The number of aromatic hydroxyl groups is 1. The predicted molar refractivity (Wildman–Crippen MR) is 89.4 cm³/mol. The van der Waals surface area contributed by atoms with Crippen molar-refractivity contribution in [2.75, 3.05) is 7.11 Å². The number of phenolic OH excluding ortho intramolecular Hbond substituents is 1. The van der Waals surface area contributed by atoms with E-state index in [9.17, 15) is 15.0 Å². The van der Waals surface area contributed by atoms with Gasteiger partial charge >= 0.3 is 0 Å². The Morgan fingerprint density at radius 1 is 1.22 bits per heavy atom. The van der Waals surface area contributed by atoms with Gasteiger partial charge in [-0.05, 0) is 41.6 Å². The third-order valence-electron chi connectivity index (χ3n) is 5.16. The van der Waals surface area contributed by atoms with Gasteiger partial charge in [0.15, 0.2) is 5.78 Å². The molecular weight excluding hydrogens is 292 g/mol. The lowest BCUT2D eigenvalue weighted by Crippen LogP contribution is -2.45. The molecule has 4 heteroatoms. The van der Waals surface area contributed by atoms with Gasteiger partial charge in [-0.25, -0.2) is 0 Å². The van der Waals surface area contributed by atoms with E-state index in [1.807, 2.05) is 32.0 Å². The molecule has 0 spiro atoms. The first-order chi connectivity index (χ1) is 10.7. The molecule has 2 unspecified atom stereocenters. The topological polar surface area (TPSA) is 66.8 Å². The third-order valence-corrected chi connectivity index (χ3v) is 5.16. The summed E-state index contributed by atoms with van der Waals surface area (Å²) in [6.45, 7) is 7.22. The van der Waals surface area contributed by atoms with Crippen molar-refractivity contribution in [3.05, 3.63) is 34.9 Å². The van der Waals surface area contributed by atoms with E-state index in [0.717, 1.165) is 10.9 Å². The maximum Gasteiger partial charge on any atom is 0.175 e. The number of hydrogen-bond donors (Lipinski definition) is 2. The highest BCUT2D eigenvalue weighted by Crippen LogP contribution is 2.48. The molecule has 0 aromatic heterocycles. The Kier molecular flexibility index (Phi) is 3.41. The van der Waals surface area contributed by atoms with E-state index in [1.54, 1.807) is 21.0 Å². The number of phenols is 1. The molecule has 0 radical (unpaired) electrons. The van der Waals surface area contributed by atoms with E-state index in [1.165, 1.54) is 0 Å². The minimum atomic E-state index is -0.919.